The van der Waals surface area contributed by atoms with Crippen molar-refractivity contribution in [3.63, 3.8) is 0 Å². The molecule has 1 fully saturated rings. The number of hydrogen-bond donors (Lipinski definition) is 1. The van der Waals surface area contributed by atoms with Crippen LogP contribution in [0.1, 0.15) is 45.4 Å². The van der Waals surface area contributed by atoms with Crippen molar-refractivity contribution in [3.8, 4) is 0 Å². The summed E-state index contributed by atoms with van der Waals surface area (Å²) in [6.07, 6.45) is 6.02. The lowest BCUT2D eigenvalue weighted by Crippen LogP contribution is -2.39. The Morgan fingerprint density at radius 3 is 2.75 bits per heavy atom. The van der Waals surface area contributed by atoms with Crippen molar-refractivity contribution in [2.45, 2.75) is 45.4 Å². The maximum absolute atomic E-state index is 12.0. The molecule has 0 bridgehead atoms. The Labute approximate surface area is 96.2 Å². The molecule has 0 aromatic heterocycles. The quantitative estimate of drug-likeness (QED) is 0.320. The number of rotatable bonds is 6. The zero-order chi connectivity index (χ0) is 11.9. The van der Waals surface area contributed by atoms with Crippen molar-refractivity contribution < 1.29 is 4.79 Å². The molecule has 0 radical (unpaired) electrons. The molecule has 0 aromatic carbocycles. The summed E-state index contributed by atoms with van der Waals surface area (Å²) in [7, 11) is 0. The number of amides is 1. The summed E-state index contributed by atoms with van der Waals surface area (Å²) in [6.45, 7) is 3.15. The normalized spacial score (nSPS) is 17.8. The van der Waals surface area contributed by atoms with E-state index in [2.05, 4.69) is 22.3 Å². The predicted molar refractivity (Wildman–Crippen MR) is 62.8 cm³/mol. The van der Waals surface area contributed by atoms with Crippen molar-refractivity contribution in [1.29, 1.82) is 0 Å². The first-order valence-corrected chi connectivity index (χ1v) is 6.04. The van der Waals surface area contributed by atoms with Gasteiger partial charge in [-0.1, -0.05) is 24.9 Å². The van der Waals surface area contributed by atoms with E-state index in [9.17, 15) is 4.79 Å². The van der Waals surface area contributed by atoms with Crippen LogP contribution in [0.2, 0.25) is 0 Å². The molecule has 16 heavy (non-hydrogen) atoms. The van der Waals surface area contributed by atoms with Crippen molar-refractivity contribution in [2.75, 3.05) is 13.1 Å². The van der Waals surface area contributed by atoms with Crippen LogP contribution in [0.15, 0.2) is 5.11 Å². The third-order valence-corrected chi connectivity index (χ3v) is 3.50. The molecule has 0 heterocycles. The van der Waals surface area contributed by atoms with Gasteiger partial charge in [0.15, 0.2) is 0 Å². The minimum absolute atomic E-state index is 0.113. The van der Waals surface area contributed by atoms with Gasteiger partial charge in [0.25, 0.3) is 0 Å². The van der Waals surface area contributed by atoms with E-state index in [1.807, 2.05) is 0 Å². The van der Waals surface area contributed by atoms with Crippen LogP contribution < -0.4 is 5.32 Å². The average molecular weight is 224 g/mol. The number of nitrogens with one attached hydrogen (secondary N) is 1. The van der Waals surface area contributed by atoms with Crippen LogP contribution in [-0.4, -0.2) is 19.0 Å². The molecule has 1 aliphatic carbocycles. The van der Waals surface area contributed by atoms with Crippen molar-refractivity contribution in [2.24, 2.45) is 10.5 Å². The molecular formula is C11H20N4O. The highest BCUT2D eigenvalue weighted by Gasteiger charge is 2.38. The Bertz CT molecular complexity index is 278. The first-order valence-electron chi connectivity index (χ1n) is 6.04. The minimum Gasteiger partial charge on any atom is -0.356 e. The molecule has 0 spiro atoms. The predicted octanol–water partition coefficient (Wildman–Crippen LogP) is 2.77. The summed E-state index contributed by atoms with van der Waals surface area (Å²) < 4.78 is 0. The standard InChI is InChI=1S/C11H20N4O/c1-2-11(6-3-4-7-11)10(16)13-8-5-9-14-15-12/h2-9H2,1H3,(H,13,16). The van der Waals surface area contributed by atoms with Gasteiger partial charge in [0, 0.05) is 23.4 Å². The lowest BCUT2D eigenvalue weighted by atomic mass is 9.82. The molecule has 0 aromatic rings. The summed E-state index contributed by atoms with van der Waals surface area (Å²) in [5.74, 6) is 0.188. The van der Waals surface area contributed by atoms with Crippen molar-refractivity contribution in [3.05, 3.63) is 10.4 Å². The van der Waals surface area contributed by atoms with Gasteiger partial charge in [0.05, 0.1) is 0 Å². The summed E-state index contributed by atoms with van der Waals surface area (Å²) in [5, 5.41) is 6.39. The fourth-order valence-corrected chi connectivity index (χ4v) is 2.38. The van der Waals surface area contributed by atoms with Crippen LogP contribution in [0.25, 0.3) is 10.4 Å². The monoisotopic (exact) mass is 224 g/mol. The first kappa shape index (κ1) is 12.8. The van der Waals surface area contributed by atoms with Crippen LogP contribution in [0, 0.1) is 5.41 Å². The second-order valence-corrected chi connectivity index (χ2v) is 4.40. The van der Waals surface area contributed by atoms with E-state index in [0.717, 1.165) is 25.7 Å². The Kier molecular flexibility index (Phi) is 5.12. The molecule has 0 saturated heterocycles. The van der Waals surface area contributed by atoms with Crippen LogP contribution in [-0.2, 0) is 4.79 Å². The molecule has 5 nitrogen and oxygen atoms in total. The van der Waals surface area contributed by atoms with Gasteiger partial charge in [-0.15, -0.1) is 0 Å². The Morgan fingerprint density at radius 1 is 1.50 bits per heavy atom. The summed E-state index contributed by atoms with van der Waals surface area (Å²) in [5.41, 5.74) is 7.98. The lowest BCUT2D eigenvalue weighted by Gasteiger charge is -2.25. The molecule has 1 aliphatic rings. The molecule has 90 valence electrons. The van der Waals surface area contributed by atoms with Gasteiger partial charge in [-0.05, 0) is 31.2 Å². The summed E-state index contributed by atoms with van der Waals surface area (Å²) in [4.78, 5) is 14.7. The maximum Gasteiger partial charge on any atom is 0.226 e. The van der Waals surface area contributed by atoms with Gasteiger partial charge >= 0.3 is 0 Å². The molecule has 0 unspecified atom stereocenters. The van der Waals surface area contributed by atoms with Gasteiger partial charge in [-0.2, -0.15) is 0 Å². The minimum atomic E-state index is -0.113. The highest BCUT2D eigenvalue weighted by atomic mass is 16.2. The average Bonchev–Trinajstić information content (AvgIpc) is 2.78. The number of hydrogen-bond acceptors (Lipinski definition) is 2. The van der Waals surface area contributed by atoms with Crippen LogP contribution >= 0.6 is 0 Å². The van der Waals surface area contributed by atoms with E-state index in [-0.39, 0.29) is 11.3 Å². The Hall–Kier alpha value is -1.22. The first-order chi connectivity index (χ1) is 7.75. The zero-order valence-corrected chi connectivity index (χ0v) is 9.91. The molecule has 1 rings (SSSR count). The van der Waals surface area contributed by atoms with E-state index in [1.54, 1.807) is 0 Å². The molecule has 1 amide bonds. The molecule has 1 saturated carbocycles. The fourth-order valence-electron chi connectivity index (χ4n) is 2.38. The topological polar surface area (TPSA) is 77.9 Å². The number of nitrogens with zero attached hydrogens (tertiary/aromatic N) is 3. The van der Waals surface area contributed by atoms with Crippen molar-refractivity contribution in [1.82, 2.24) is 5.32 Å². The van der Waals surface area contributed by atoms with Crippen LogP contribution in [0.4, 0.5) is 0 Å². The van der Waals surface area contributed by atoms with Gasteiger partial charge in [-0.25, -0.2) is 0 Å². The lowest BCUT2D eigenvalue weighted by molar-refractivity contribution is -0.131. The summed E-state index contributed by atoms with van der Waals surface area (Å²) >= 11 is 0. The number of carbonyl (C=O) groups is 1. The van der Waals surface area contributed by atoms with E-state index in [1.165, 1.54) is 12.8 Å². The largest absolute Gasteiger partial charge is 0.356 e. The van der Waals surface area contributed by atoms with E-state index < -0.39 is 0 Å². The van der Waals surface area contributed by atoms with E-state index in [0.29, 0.717) is 13.1 Å². The van der Waals surface area contributed by atoms with E-state index in [4.69, 9.17) is 5.53 Å². The highest BCUT2D eigenvalue weighted by molar-refractivity contribution is 5.82. The molecule has 5 heteroatoms. The Morgan fingerprint density at radius 2 is 2.19 bits per heavy atom. The van der Waals surface area contributed by atoms with E-state index >= 15 is 0 Å². The van der Waals surface area contributed by atoms with Crippen molar-refractivity contribution >= 4 is 5.91 Å². The van der Waals surface area contributed by atoms with Gasteiger partial charge in [-0.3, -0.25) is 4.79 Å². The second-order valence-electron chi connectivity index (χ2n) is 4.40. The highest BCUT2D eigenvalue weighted by Crippen LogP contribution is 2.40. The van der Waals surface area contributed by atoms with Gasteiger partial charge in [0.2, 0.25) is 5.91 Å². The SMILES string of the molecule is CCC1(C(=O)NCCCN=[N+]=[N-])CCCC1. The maximum atomic E-state index is 12.0. The fraction of sp³-hybridized carbons (Fsp3) is 0.909. The molecule has 0 atom stereocenters. The number of carbonyl (C=O) groups excluding carboxylic acids is 1. The zero-order valence-electron chi connectivity index (χ0n) is 9.91. The second kappa shape index (κ2) is 6.38. The third kappa shape index (κ3) is 3.14. The van der Waals surface area contributed by atoms with Gasteiger partial charge < -0.3 is 5.32 Å². The summed E-state index contributed by atoms with van der Waals surface area (Å²) in [6, 6.07) is 0. The molecule has 0 aliphatic heterocycles. The number of azide groups is 1. The van der Waals surface area contributed by atoms with Crippen LogP contribution in [0.3, 0.4) is 0 Å². The third-order valence-electron chi connectivity index (χ3n) is 3.50. The molecule has 1 N–H and O–H groups in total. The smallest absolute Gasteiger partial charge is 0.226 e. The Balaban J connectivity index is 2.30. The van der Waals surface area contributed by atoms with Crippen LogP contribution in [0.5, 0.6) is 0 Å². The molecular weight excluding hydrogens is 204 g/mol. The van der Waals surface area contributed by atoms with Gasteiger partial charge in [0.1, 0.15) is 0 Å².